The van der Waals surface area contributed by atoms with Crippen molar-refractivity contribution < 1.29 is 32.9 Å². The molecule has 2 aliphatic heterocycles. The fourth-order valence-electron chi connectivity index (χ4n) is 6.53. The first kappa shape index (κ1) is 33.6. The van der Waals surface area contributed by atoms with Gasteiger partial charge in [-0.3, -0.25) is 0 Å². The number of hydrogen-bond donors (Lipinski definition) is 0. The van der Waals surface area contributed by atoms with E-state index in [1.807, 2.05) is 18.2 Å². The number of carbonyl (C=O) groups is 1. The molecule has 42 heavy (non-hydrogen) atoms. The van der Waals surface area contributed by atoms with E-state index < -0.39 is 8.32 Å². The third-order valence-corrected chi connectivity index (χ3v) is 14.2. The molecule has 0 aromatic heterocycles. The largest absolute Gasteiger partial charge is 0.490 e. The quantitative estimate of drug-likeness (QED) is 0.106. The summed E-state index contributed by atoms with van der Waals surface area (Å²) in [6.45, 7) is 8.49. The van der Waals surface area contributed by atoms with Crippen LogP contribution in [-0.4, -0.2) is 65.3 Å². The molecule has 4 rings (SSSR count). The monoisotopic (exact) mass is 622 g/mol. The summed E-state index contributed by atoms with van der Waals surface area (Å²) in [5, 5.41) is 0.626. The molecular weight excluding hydrogens is 572 g/mol. The molecule has 0 bridgehead atoms. The molecule has 236 valence electrons. The Labute approximate surface area is 258 Å². The Balaban J connectivity index is 1.56. The van der Waals surface area contributed by atoms with E-state index in [1.165, 1.54) is 0 Å². The van der Waals surface area contributed by atoms with Gasteiger partial charge in [0.05, 0.1) is 12.2 Å². The van der Waals surface area contributed by atoms with E-state index in [0.29, 0.717) is 30.4 Å². The van der Waals surface area contributed by atoms with Crippen LogP contribution in [0.4, 0.5) is 0 Å². The second kappa shape index (κ2) is 17.3. The number of carbonyl (C=O) groups excluding carboxylic acids is 1. The van der Waals surface area contributed by atoms with Gasteiger partial charge in [0.25, 0.3) is 0 Å². The third-order valence-electron chi connectivity index (χ3n) is 9.26. The van der Waals surface area contributed by atoms with Crippen LogP contribution in [0.2, 0.25) is 23.2 Å². The lowest BCUT2D eigenvalue weighted by molar-refractivity contribution is -0.193. The van der Waals surface area contributed by atoms with Crippen molar-refractivity contribution in [3.05, 3.63) is 41.4 Å². The van der Waals surface area contributed by atoms with E-state index in [-0.39, 0.29) is 42.7 Å². The normalized spacial score (nSPS) is 29.5. The van der Waals surface area contributed by atoms with Gasteiger partial charge in [0, 0.05) is 30.6 Å². The van der Waals surface area contributed by atoms with Gasteiger partial charge in [-0.1, -0.05) is 50.6 Å². The second-order valence-electron chi connectivity index (χ2n) is 11.9. The van der Waals surface area contributed by atoms with Crippen LogP contribution in [0.15, 0.2) is 36.4 Å². The molecule has 7 nitrogen and oxygen atoms in total. The fourth-order valence-corrected chi connectivity index (χ4v) is 9.62. The Bertz CT molecular complexity index is 953. The number of halogens is 1. The highest BCUT2D eigenvalue weighted by Crippen LogP contribution is 2.43. The van der Waals surface area contributed by atoms with Crippen LogP contribution < -0.4 is 4.74 Å². The van der Waals surface area contributed by atoms with Crippen molar-refractivity contribution in [1.82, 2.24) is 0 Å². The van der Waals surface area contributed by atoms with E-state index in [4.69, 9.17) is 39.7 Å². The topological polar surface area (TPSA) is 72.5 Å². The van der Waals surface area contributed by atoms with Gasteiger partial charge in [0.15, 0.2) is 20.9 Å². The van der Waals surface area contributed by atoms with Crippen molar-refractivity contribution >= 4 is 26.2 Å². The van der Waals surface area contributed by atoms with Crippen molar-refractivity contribution in [3.8, 4) is 5.75 Å². The lowest BCUT2D eigenvalue weighted by atomic mass is 9.90. The number of rotatable bonds is 16. The van der Waals surface area contributed by atoms with Crippen LogP contribution in [0.5, 0.6) is 5.75 Å². The van der Waals surface area contributed by atoms with Crippen molar-refractivity contribution in [2.45, 2.75) is 121 Å². The van der Waals surface area contributed by atoms with E-state index in [1.54, 1.807) is 6.07 Å². The summed E-state index contributed by atoms with van der Waals surface area (Å²) in [4.78, 5) is 12.0. The van der Waals surface area contributed by atoms with Crippen molar-refractivity contribution in [3.63, 3.8) is 0 Å². The molecule has 2 saturated heterocycles. The van der Waals surface area contributed by atoms with E-state index in [9.17, 15) is 4.79 Å². The highest BCUT2D eigenvalue weighted by Gasteiger charge is 2.47. The zero-order valence-corrected chi connectivity index (χ0v) is 27.5. The molecule has 1 aromatic rings. The maximum atomic E-state index is 12.0. The van der Waals surface area contributed by atoms with Gasteiger partial charge in [-0.15, -0.1) is 0 Å². The average molecular weight is 623 g/mol. The highest BCUT2D eigenvalue weighted by molar-refractivity contribution is 6.73. The van der Waals surface area contributed by atoms with Gasteiger partial charge < -0.3 is 32.9 Å². The van der Waals surface area contributed by atoms with Gasteiger partial charge >= 0.3 is 0 Å². The molecule has 7 atom stereocenters. The molecule has 9 heteroatoms. The first-order valence-electron chi connectivity index (χ1n) is 16.2. The second-order valence-corrected chi connectivity index (χ2v) is 17.0. The van der Waals surface area contributed by atoms with Crippen molar-refractivity contribution in [2.24, 2.45) is 11.8 Å². The first-order valence-corrected chi connectivity index (χ1v) is 19.1. The Morgan fingerprint density at radius 1 is 1.00 bits per heavy atom. The SMILES string of the molecule is CC[Si](CC)(CC)O[C@H]1C[C@@H](OC2CCCCO2)[C@H](C=C[C@H](COc2cccc(Cl)c2)OC2CCCCO2)[C@H]1CC=O. The van der Waals surface area contributed by atoms with Crippen LogP contribution >= 0.6 is 11.6 Å². The van der Waals surface area contributed by atoms with Crippen LogP contribution in [0.25, 0.3) is 0 Å². The van der Waals surface area contributed by atoms with Gasteiger partial charge in [-0.2, -0.15) is 0 Å². The lowest BCUT2D eigenvalue weighted by Crippen LogP contribution is -2.41. The summed E-state index contributed by atoms with van der Waals surface area (Å²) in [5.74, 6) is 0.717. The molecule has 1 aromatic carbocycles. The molecule has 0 amide bonds. The third kappa shape index (κ3) is 9.62. The predicted octanol–water partition coefficient (Wildman–Crippen LogP) is 7.71. The van der Waals surface area contributed by atoms with Crippen molar-refractivity contribution in [2.75, 3.05) is 19.8 Å². The minimum absolute atomic E-state index is 0.00691. The van der Waals surface area contributed by atoms with Crippen LogP contribution in [0, 0.1) is 11.8 Å². The summed E-state index contributed by atoms with van der Waals surface area (Å²) in [6.07, 6.45) is 11.6. The Morgan fingerprint density at radius 2 is 1.71 bits per heavy atom. The first-order chi connectivity index (χ1) is 20.5. The number of benzene rings is 1. The summed E-state index contributed by atoms with van der Waals surface area (Å²) >= 11 is 6.19. The number of hydrogen-bond acceptors (Lipinski definition) is 7. The summed E-state index contributed by atoms with van der Waals surface area (Å²) in [5.41, 5.74) is 0. The molecule has 3 aliphatic rings. The number of aldehydes is 1. The maximum Gasteiger partial charge on any atom is 0.192 e. The van der Waals surface area contributed by atoms with Gasteiger partial charge in [0.1, 0.15) is 24.7 Å². The van der Waals surface area contributed by atoms with Gasteiger partial charge in [-0.25, -0.2) is 0 Å². The standard InChI is InChI=1S/C33H51ClO7Si/c1-4-42(5-2,6-3)41-31-23-30(40-33-15-8-10-21-37-33)28(29(31)18-19-35)17-16-27(39-32-14-7-9-20-36-32)24-38-26-13-11-12-25(34)22-26/h11-13,16-17,19,22,27-33H,4-10,14-15,18,20-21,23-24H2,1-3H3/t27-,28-,29-,30-,31+,32?,33?/m1/s1. The Morgan fingerprint density at radius 3 is 2.33 bits per heavy atom. The number of ether oxygens (including phenoxy) is 5. The molecule has 2 heterocycles. The molecule has 0 radical (unpaired) electrons. The van der Waals surface area contributed by atoms with E-state index in [2.05, 4.69) is 32.9 Å². The summed E-state index contributed by atoms with van der Waals surface area (Å²) in [7, 11) is -1.89. The van der Waals surface area contributed by atoms with Crippen LogP contribution in [0.3, 0.4) is 0 Å². The smallest absolute Gasteiger partial charge is 0.192 e. The summed E-state index contributed by atoms with van der Waals surface area (Å²) in [6, 6.07) is 10.6. The Kier molecular flexibility index (Phi) is 13.8. The molecule has 0 spiro atoms. The van der Waals surface area contributed by atoms with Crippen LogP contribution in [0.1, 0.15) is 72.1 Å². The van der Waals surface area contributed by atoms with Crippen molar-refractivity contribution in [1.29, 1.82) is 0 Å². The molecular formula is C33H51ClO7Si. The Hall–Kier alpha value is -1.26. The minimum atomic E-state index is -1.89. The zero-order chi connectivity index (χ0) is 29.8. The highest BCUT2D eigenvalue weighted by atomic mass is 35.5. The molecule has 1 saturated carbocycles. The molecule has 3 fully saturated rings. The zero-order valence-electron chi connectivity index (χ0n) is 25.7. The average Bonchev–Trinajstić information content (AvgIpc) is 3.33. The van der Waals surface area contributed by atoms with Crippen LogP contribution in [-0.2, 0) is 28.2 Å². The predicted molar refractivity (Wildman–Crippen MR) is 167 cm³/mol. The molecule has 0 N–H and O–H groups in total. The maximum absolute atomic E-state index is 12.0. The fraction of sp³-hybridized carbons (Fsp3) is 0.727. The minimum Gasteiger partial charge on any atom is -0.490 e. The summed E-state index contributed by atoms with van der Waals surface area (Å²) < 4.78 is 38.1. The molecule has 1 aliphatic carbocycles. The van der Waals surface area contributed by atoms with Gasteiger partial charge in [-0.05, 0) is 87.2 Å². The van der Waals surface area contributed by atoms with E-state index >= 15 is 0 Å². The molecule has 2 unspecified atom stereocenters. The van der Waals surface area contributed by atoms with Gasteiger partial charge in [0.2, 0.25) is 0 Å². The van der Waals surface area contributed by atoms with E-state index in [0.717, 1.165) is 76.0 Å². The lowest BCUT2D eigenvalue weighted by Gasteiger charge is -2.34.